The third kappa shape index (κ3) is 4.07. The molecule has 7 nitrogen and oxygen atoms in total. The second kappa shape index (κ2) is 7.47. The first-order chi connectivity index (χ1) is 13.2. The summed E-state index contributed by atoms with van der Waals surface area (Å²) in [5.41, 5.74) is 2.06. The van der Waals surface area contributed by atoms with Crippen molar-refractivity contribution in [1.29, 1.82) is 0 Å². The highest BCUT2D eigenvalue weighted by atomic mass is 32.2. The molecule has 0 bridgehead atoms. The Bertz CT molecular complexity index is 1120. The van der Waals surface area contributed by atoms with Crippen LogP contribution in [-0.2, 0) is 10.0 Å². The van der Waals surface area contributed by atoms with Crippen LogP contribution in [0.1, 0.15) is 41.6 Å². The van der Waals surface area contributed by atoms with Crippen molar-refractivity contribution in [1.82, 2.24) is 4.98 Å². The molecule has 28 heavy (non-hydrogen) atoms. The van der Waals surface area contributed by atoms with E-state index in [1.807, 2.05) is 13.8 Å². The fourth-order valence-electron chi connectivity index (χ4n) is 2.69. The molecule has 0 fully saturated rings. The molecule has 1 heterocycles. The van der Waals surface area contributed by atoms with Gasteiger partial charge in [-0.05, 0) is 35.7 Å². The molecule has 0 saturated carbocycles. The van der Waals surface area contributed by atoms with Crippen molar-refractivity contribution >= 4 is 21.7 Å². The number of rotatable bonds is 6. The van der Waals surface area contributed by atoms with E-state index in [0.717, 1.165) is 5.56 Å². The first kappa shape index (κ1) is 19.6. The number of carboxylic acid groups (broad SMARTS) is 1. The molecule has 146 valence electrons. The SMILES string of the molecule is Cc1nc(-c2ccc(S(=O)(=O)Nc3ccc(C(C)C)cc3C(=O)O)cc2)co1. The number of sulfonamides is 1. The summed E-state index contributed by atoms with van der Waals surface area (Å²) in [5, 5.41) is 9.45. The fourth-order valence-corrected chi connectivity index (χ4v) is 3.77. The molecule has 3 aromatic rings. The van der Waals surface area contributed by atoms with Gasteiger partial charge < -0.3 is 9.52 Å². The van der Waals surface area contributed by atoms with Crippen molar-refractivity contribution in [2.45, 2.75) is 31.6 Å². The van der Waals surface area contributed by atoms with Crippen molar-refractivity contribution in [2.75, 3.05) is 4.72 Å². The number of hydrogen-bond donors (Lipinski definition) is 2. The zero-order valence-corrected chi connectivity index (χ0v) is 16.4. The number of hydrogen-bond acceptors (Lipinski definition) is 5. The van der Waals surface area contributed by atoms with E-state index in [2.05, 4.69) is 9.71 Å². The molecule has 0 saturated heterocycles. The monoisotopic (exact) mass is 400 g/mol. The van der Waals surface area contributed by atoms with Crippen LogP contribution in [0.3, 0.4) is 0 Å². The molecule has 0 spiro atoms. The lowest BCUT2D eigenvalue weighted by Gasteiger charge is -2.13. The van der Waals surface area contributed by atoms with Gasteiger partial charge in [0.25, 0.3) is 10.0 Å². The topological polar surface area (TPSA) is 110 Å². The van der Waals surface area contributed by atoms with Crippen LogP contribution in [0.5, 0.6) is 0 Å². The van der Waals surface area contributed by atoms with Gasteiger partial charge in [-0.3, -0.25) is 4.72 Å². The first-order valence-corrected chi connectivity index (χ1v) is 10.1. The van der Waals surface area contributed by atoms with Crippen LogP contribution in [0.4, 0.5) is 5.69 Å². The van der Waals surface area contributed by atoms with Gasteiger partial charge >= 0.3 is 5.97 Å². The highest BCUT2D eigenvalue weighted by molar-refractivity contribution is 7.92. The zero-order valence-electron chi connectivity index (χ0n) is 15.6. The lowest BCUT2D eigenvalue weighted by molar-refractivity contribution is 0.0698. The quantitative estimate of drug-likeness (QED) is 0.639. The minimum atomic E-state index is -3.95. The summed E-state index contributed by atoms with van der Waals surface area (Å²) in [6.45, 7) is 5.59. The third-order valence-electron chi connectivity index (χ3n) is 4.26. The molecule has 0 radical (unpaired) electrons. The van der Waals surface area contributed by atoms with Crippen molar-refractivity contribution in [3.05, 3.63) is 65.7 Å². The number of carbonyl (C=O) groups is 1. The Balaban J connectivity index is 1.90. The van der Waals surface area contributed by atoms with Crippen molar-refractivity contribution in [3.63, 3.8) is 0 Å². The number of aromatic carboxylic acids is 1. The Morgan fingerprint density at radius 3 is 2.36 bits per heavy atom. The van der Waals surface area contributed by atoms with Crippen molar-refractivity contribution in [3.8, 4) is 11.3 Å². The molecule has 0 aliphatic heterocycles. The first-order valence-electron chi connectivity index (χ1n) is 8.60. The average Bonchev–Trinajstić information content (AvgIpc) is 3.08. The summed E-state index contributed by atoms with van der Waals surface area (Å²) in [4.78, 5) is 15.8. The van der Waals surface area contributed by atoms with Crippen LogP contribution in [0.25, 0.3) is 11.3 Å². The Labute approximate surface area is 163 Å². The predicted molar refractivity (Wildman–Crippen MR) is 105 cm³/mol. The molecular weight excluding hydrogens is 380 g/mol. The summed E-state index contributed by atoms with van der Waals surface area (Å²) in [5.74, 6) is -0.562. The van der Waals surface area contributed by atoms with Crippen molar-refractivity contribution in [2.24, 2.45) is 0 Å². The number of nitrogens with one attached hydrogen (secondary N) is 1. The Kier molecular flexibility index (Phi) is 5.24. The van der Waals surface area contributed by atoms with Crippen LogP contribution in [-0.4, -0.2) is 24.5 Å². The molecule has 2 N–H and O–H groups in total. The average molecular weight is 400 g/mol. The van der Waals surface area contributed by atoms with Crippen LogP contribution in [0.2, 0.25) is 0 Å². The van der Waals surface area contributed by atoms with E-state index in [1.165, 1.54) is 30.5 Å². The second-order valence-electron chi connectivity index (χ2n) is 6.65. The number of carboxylic acids is 1. The molecule has 0 amide bonds. The second-order valence-corrected chi connectivity index (χ2v) is 8.33. The Hall–Kier alpha value is -3.13. The zero-order chi connectivity index (χ0) is 20.5. The van der Waals surface area contributed by atoms with E-state index in [0.29, 0.717) is 17.1 Å². The molecule has 3 rings (SSSR count). The molecule has 2 aromatic carbocycles. The number of aryl methyl sites for hydroxylation is 1. The number of aromatic nitrogens is 1. The maximum Gasteiger partial charge on any atom is 0.337 e. The van der Waals surface area contributed by atoms with Crippen LogP contribution >= 0.6 is 0 Å². The van der Waals surface area contributed by atoms with Gasteiger partial charge in [0.05, 0.1) is 16.1 Å². The summed E-state index contributed by atoms with van der Waals surface area (Å²) < 4.78 is 32.9. The van der Waals surface area contributed by atoms with Crippen molar-refractivity contribution < 1.29 is 22.7 Å². The minimum absolute atomic E-state index is 0.0146. The molecule has 0 aliphatic carbocycles. The molecule has 1 aromatic heterocycles. The summed E-state index contributed by atoms with van der Waals surface area (Å²) >= 11 is 0. The van der Waals surface area contributed by atoms with E-state index in [9.17, 15) is 18.3 Å². The van der Waals surface area contributed by atoms with E-state index >= 15 is 0 Å². The lowest BCUT2D eigenvalue weighted by atomic mass is 10.00. The maximum atomic E-state index is 12.7. The number of benzene rings is 2. The van der Waals surface area contributed by atoms with Crippen LogP contribution in [0.15, 0.2) is 58.0 Å². The van der Waals surface area contributed by atoms with Crippen LogP contribution in [0, 0.1) is 6.92 Å². The highest BCUT2D eigenvalue weighted by Crippen LogP contribution is 2.26. The van der Waals surface area contributed by atoms with E-state index in [-0.39, 0.29) is 22.1 Å². The van der Waals surface area contributed by atoms with Gasteiger partial charge in [-0.2, -0.15) is 0 Å². The largest absolute Gasteiger partial charge is 0.478 e. The highest BCUT2D eigenvalue weighted by Gasteiger charge is 2.20. The normalized spacial score (nSPS) is 11.6. The van der Waals surface area contributed by atoms with Gasteiger partial charge in [0, 0.05) is 12.5 Å². The predicted octanol–water partition coefficient (Wildman–Crippen LogP) is 4.27. The van der Waals surface area contributed by atoms with Gasteiger partial charge in [0.1, 0.15) is 12.0 Å². The smallest absolute Gasteiger partial charge is 0.337 e. The lowest BCUT2D eigenvalue weighted by Crippen LogP contribution is -2.16. The third-order valence-corrected chi connectivity index (χ3v) is 5.65. The molecule has 0 unspecified atom stereocenters. The fraction of sp³-hybridized carbons (Fsp3) is 0.200. The summed E-state index contributed by atoms with van der Waals surface area (Å²) in [6, 6.07) is 10.8. The number of anilines is 1. The minimum Gasteiger partial charge on any atom is -0.478 e. The molecule has 8 heteroatoms. The molecular formula is C20H20N2O5S. The number of nitrogens with zero attached hydrogens (tertiary/aromatic N) is 1. The van der Waals surface area contributed by atoms with Gasteiger partial charge in [0.15, 0.2) is 5.89 Å². The molecule has 0 atom stereocenters. The number of oxazole rings is 1. The summed E-state index contributed by atoms with van der Waals surface area (Å²) in [7, 11) is -3.95. The Morgan fingerprint density at radius 2 is 1.82 bits per heavy atom. The standard InChI is InChI=1S/C20H20N2O5S/c1-12(2)15-6-9-18(17(10-15)20(23)24)22-28(25,26)16-7-4-14(5-8-16)19-11-27-13(3)21-19/h4-12,22H,1-3H3,(H,23,24). The summed E-state index contributed by atoms with van der Waals surface area (Å²) in [6.07, 6.45) is 1.49. The van der Waals surface area contributed by atoms with E-state index in [4.69, 9.17) is 4.42 Å². The van der Waals surface area contributed by atoms with Gasteiger partial charge in [-0.1, -0.05) is 32.0 Å². The maximum absolute atomic E-state index is 12.7. The van der Waals surface area contributed by atoms with Gasteiger partial charge in [-0.15, -0.1) is 0 Å². The van der Waals surface area contributed by atoms with Crippen LogP contribution < -0.4 is 4.72 Å². The van der Waals surface area contributed by atoms with Gasteiger partial charge in [-0.25, -0.2) is 18.2 Å². The molecule has 0 aliphatic rings. The van der Waals surface area contributed by atoms with Gasteiger partial charge in [0.2, 0.25) is 0 Å². The Morgan fingerprint density at radius 1 is 1.14 bits per heavy atom. The van der Waals surface area contributed by atoms with E-state index < -0.39 is 16.0 Å². The van der Waals surface area contributed by atoms with E-state index in [1.54, 1.807) is 25.1 Å².